The number of ether oxygens (including phenoxy) is 1. The highest BCUT2D eigenvalue weighted by molar-refractivity contribution is 5.65. The average Bonchev–Trinajstić information content (AvgIpc) is 2.29. The molecule has 2 nitrogen and oxygen atoms in total. The number of aldehydes is 1. The number of aryl methyl sites for hydroxylation is 1. The van der Waals surface area contributed by atoms with E-state index in [1.165, 1.54) is 16.7 Å². The van der Waals surface area contributed by atoms with Crippen molar-refractivity contribution in [3.63, 3.8) is 0 Å². The number of rotatable bonds is 3. The standard InChI is InChI=1S/C13H16O2/c1-15-9-12-7-3-5-10-4-2-6-11(8-14)13(10)12/h3,5,7-8,11H,2,4,6,9H2,1H3/t11-/m0/s1. The SMILES string of the molecule is COCc1cccc2c1[C@H](C=O)CCC2. The van der Waals surface area contributed by atoms with Gasteiger partial charge in [0.2, 0.25) is 0 Å². The zero-order chi connectivity index (χ0) is 10.7. The number of hydrogen-bond donors (Lipinski definition) is 0. The van der Waals surface area contributed by atoms with Crippen molar-refractivity contribution in [3.05, 3.63) is 34.9 Å². The summed E-state index contributed by atoms with van der Waals surface area (Å²) in [6.45, 7) is 0.605. The molecule has 0 heterocycles. The van der Waals surface area contributed by atoms with E-state index < -0.39 is 0 Å². The molecule has 0 spiro atoms. The largest absolute Gasteiger partial charge is 0.380 e. The number of methoxy groups -OCH3 is 1. The molecule has 0 bridgehead atoms. The van der Waals surface area contributed by atoms with Crippen molar-refractivity contribution < 1.29 is 9.53 Å². The maximum absolute atomic E-state index is 11.0. The average molecular weight is 204 g/mol. The van der Waals surface area contributed by atoms with E-state index in [4.69, 9.17) is 4.74 Å². The molecule has 15 heavy (non-hydrogen) atoms. The quantitative estimate of drug-likeness (QED) is 0.707. The molecular weight excluding hydrogens is 188 g/mol. The number of carbonyl (C=O) groups is 1. The lowest BCUT2D eigenvalue weighted by atomic mass is 9.81. The fourth-order valence-electron chi connectivity index (χ4n) is 2.43. The summed E-state index contributed by atoms with van der Waals surface area (Å²) in [5.41, 5.74) is 3.72. The Morgan fingerprint density at radius 1 is 1.53 bits per heavy atom. The lowest BCUT2D eigenvalue weighted by molar-refractivity contribution is -0.109. The first kappa shape index (κ1) is 10.4. The van der Waals surface area contributed by atoms with Crippen LogP contribution in [0.3, 0.4) is 0 Å². The second-order valence-corrected chi connectivity index (χ2v) is 4.06. The summed E-state index contributed by atoms with van der Waals surface area (Å²) in [7, 11) is 1.69. The van der Waals surface area contributed by atoms with Crippen molar-refractivity contribution in [2.24, 2.45) is 0 Å². The monoisotopic (exact) mass is 204 g/mol. The summed E-state index contributed by atoms with van der Waals surface area (Å²) in [6.07, 6.45) is 4.28. The molecule has 0 amide bonds. The van der Waals surface area contributed by atoms with Crippen molar-refractivity contribution in [3.8, 4) is 0 Å². The molecule has 1 aromatic rings. The highest BCUT2D eigenvalue weighted by Gasteiger charge is 2.22. The molecule has 0 unspecified atom stereocenters. The van der Waals surface area contributed by atoms with Crippen LogP contribution in [0.1, 0.15) is 35.4 Å². The molecule has 1 aromatic carbocycles. The smallest absolute Gasteiger partial charge is 0.127 e. The number of hydrogen-bond acceptors (Lipinski definition) is 2. The summed E-state index contributed by atoms with van der Waals surface area (Å²) in [4.78, 5) is 11.0. The lowest BCUT2D eigenvalue weighted by Crippen LogP contribution is -2.14. The Hall–Kier alpha value is -1.15. The number of benzene rings is 1. The van der Waals surface area contributed by atoms with Crippen molar-refractivity contribution in [1.82, 2.24) is 0 Å². The van der Waals surface area contributed by atoms with Gasteiger partial charge in [-0.15, -0.1) is 0 Å². The Kier molecular flexibility index (Phi) is 3.17. The maximum Gasteiger partial charge on any atom is 0.127 e. The van der Waals surface area contributed by atoms with Crippen molar-refractivity contribution in [2.75, 3.05) is 7.11 Å². The van der Waals surface area contributed by atoms with Gasteiger partial charge in [-0.25, -0.2) is 0 Å². The molecule has 0 aromatic heterocycles. The zero-order valence-electron chi connectivity index (χ0n) is 9.03. The minimum atomic E-state index is 0.0834. The van der Waals surface area contributed by atoms with Crippen LogP contribution in [0.15, 0.2) is 18.2 Å². The van der Waals surface area contributed by atoms with E-state index >= 15 is 0 Å². The van der Waals surface area contributed by atoms with Gasteiger partial charge in [-0.1, -0.05) is 18.2 Å². The van der Waals surface area contributed by atoms with Gasteiger partial charge in [0, 0.05) is 13.0 Å². The molecule has 2 rings (SSSR count). The molecule has 1 aliphatic carbocycles. The first-order valence-electron chi connectivity index (χ1n) is 5.41. The summed E-state index contributed by atoms with van der Waals surface area (Å²) in [6, 6.07) is 6.24. The predicted octanol–water partition coefficient (Wildman–Crippen LogP) is 2.45. The van der Waals surface area contributed by atoms with Crippen LogP contribution in [-0.4, -0.2) is 13.4 Å². The minimum absolute atomic E-state index is 0.0834. The summed E-state index contributed by atoms with van der Waals surface area (Å²) < 4.78 is 5.17. The van der Waals surface area contributed by atoms with E-state index in [0.717, 1.165) is 25.5 Å². The van der Waals surface area contributed by atoms with Crippen molar-refractivity contribution in [2.45, 2.75) is 31.8 Å². The molecule has 0 N–H and O–H groups in total. The van der Waals surface area contributed by atoms with Crippen LogP contribution in [0.4, 0.5) is 0 Å². The molecule has 80 valence electrons. The highest BCUT2D eigenvalue weighted by atomic mass is 16.5. The summed E-state index contributed by atoms with van der Waals surface area (Å²) >= 11 is 0. The third-order valence-electron chi connectivity index (χ3n) is 3.08. The van der Waals surface area contributed by atoms with E-state index in [1.807, 2.05) is 0 Å². The van der Waals surface area contributed by atoms with E-state index in [0.29, 0.717) is 6.61 Å². The molecule has 1 aliphatic rings. The van der Waals surface area contributed by atoms with E-state index in [9.17, 15) is 4.79 Å². The van der Waals surface area contributed by atoms with Gasteiger partial charge in [0.25, 0.3) is 0 Å². The predicted molar refractivity (Wildman–Crippen MR) is 58.9 cm³/mol. The second-order valence-electron chi connectivity index (χ2n) is 4.06. The number of carbonyl (C=O) groups excluding carboxylic acids is 1. The Morgan fingerprint density at radius 3 is 3.13 bits per heavy atom. The van der Waals surface area contributed by atoms with Crippen LogP contribution in [0.25, 0.3) is 0 Å². The van der Waals surface area contributed by atoms with Gasteiger partial charge >= 0.3 is 0 Å². The molecule has 0 radical (unpaired) electrons. The van der Waals surface area contributed by atoms with Crippen molar-refractivity contribution >= 4 is 6.29 Å². The van der Waals surface area contributed by atoms with Crippen molar-refractivity contribution in [1.29, 1.82) is 0 Å². The first-order valence-corrected chi connectivity index (χ1v) is 5.41. The summed E-state index contributed by atoms with van der Waals surface area (Å²) in [5, 5.41) is 0. The van der Waals surface area contributed by atoms with Crippen LogP contribution >= 0.6 is 0 Å². The molecule has 0 saturated carbocycles. The van der Waals surface area contributed by atoms with E-state index in [2.05, 4.69) is 18.2 Å². The van der Waals surface area contributed by atoms with Crippen LogP contribution in [0, 0.1) is 0 Å². The second kappa shape index (κ2) is 4.58. The Balaban J connectivity index is 2.44. The third kappa shape index (κ3) is 1.95. The Labute approximate surface area is 90.3 Å². The zero-order valence-corrected chi connectivity index (χ0v) is 9.03. The summed E-state index contributed by atoms with van der Waals surface area (Å²) in [5.74, 6) is 0.0834. The third-order valence-corrected chi connectivity index (χ3v) is 3.08. The van der Waals surface area contributed by atoms with Crippen LogP contribution in [0.2, 0.25) is 0 Å². The minimum Gasteiger partial charge on any atom is -0.380 e. The fraction of sp³-hybridized carbons (Fsp3) is 0.462. The Morgan fingerprint density at radius 2 is 2.40 bits per heavy atom. The molecule has 1 atom stereocenters. The van der Waals surface area contributed by atoms with Gasteiger partial charge in [-0.3, -0.25) is 0 Å². The molecular formula is C13H16O2. The molecule has 0 saturated heterocycles. The normalized spacial score (nSPS) is 19.7. The van der Waals surface area contributed by atoms with E-state index in [1.54, 1.807) is 7.11 Å². The maximum atomic E-state index is 11.0. The van der Waals surface area contributed by atoms with Gasteiger partial charge in [-0.05, 0) is 36.0 Å². The van der Waals surface area contributed by atoms with Gasteiger partial charge < -0.3 is 9.53 Å². The molecule has 0 fully saturated rings. The van der Waals surface area contributed by atoms with E-state index in [-0.39, 0.29) is 5.92 Å². The fourth-order valence-corrected chi connectivity index (χ4v) is 2.43. The lowest BCUT2D eigenvalue weighted by Gasteiger charge is -2.24. The Bertz CT molecular complexity index is 358. The molecule has 0 aliphatic heterocycles. The van der Waals surface area contributed by atoms with Crippen LogP contribution in [0.5, 0.6) is 0 Å². The van der Waals surface area contributed by atoms with Crippen LogP contribution < -0.4 is 0 Å². The highest BCUT2D eigenvalue weighted by Crippen LogP contribution is 2.33. The van der Waals surface area contributed by atoms with Gasteiger partial charge in [0.1, 0.15) is 6.29 Å². The first-order chi connectivity index (χ1) is 7.36. The van der Waals surface area contributed by atoms with Gasteiger partial charge in [0.05, 0.1) is 6.61 Å². The van der Waals surface area contributed by atoms with Gasteiger partial charge in [-0.2, -0.15) is 0 Å². The number of fused-ring (bicyclic) bond motifs is 1. The van der Waals surface area contributed by atoms with Gasteiger partial charge in [0.15, 0.2) is 0 Å². The topological polar surface area (TPSA) is 26.3 Å². The van der Waals surface area contributed by atoms with Crippen LogP contribution in [-0.2, 0) is 22.6 Å². The molecule has 2 heteroatoms.